The third-order valence-corrected chi connectivity index (χ3v) is 6.13. The Kier molecular flexibility index (Phi) is 9.69. The Hall–Kier alpha value is -3.39. The number of hydrogen-bond donors (Lipinski definition) is 1. The van der Waals surface area contributed by atoms with Gasteiger partial charge in [0, 0.05) is 35.4 Å². The molecular formula is C28H31ClF2N2O4. The zero-order valence-corrected chi connectivity index (χ0v) is 22.1. The van der Waals surface area contributed by atoms with Gasteiger partial charge in [0.1, 0.15) is 19.1 Å². The molecule has 9 heteroatoms. The Morgan fingerprint density at radius 1 is 1.22 bits per heavy atom. The molecule has 1 heterocycles. The van der Waals surface area contributed by atoms with Crippen LogP contribution in [0.1, 0.15) is 43.1 Å². The molecule has 0 saturated heterocycles. The molecule has 0 bridgehead atoms. The number of carbonyl (C=O) groups is 1. The number of nitrogens with zero attached hydrogens (tertiary/aromatic N) is 1. The smallest absolute Gasteiger partial charge is 0.251 e. The molecule has 2 aromatic rings. The molecule has 0 aliphatic carbocycles. The highest BCUT2D eigenvalue weighted by molar-refractivity contribution is 6.31. The molecule has 0 radical (unpaired) electrons. The van der Waals surface area contributed by atoms with Gasteiger partial charge >= 0.3 is 0 Å². The number of aliphatic imine (C=N–C) groups is 1. The minimum Gasteiger partial charge on any atom is -0.501 e. The zero-order chi connectivity index (χ0) is 27.0. The third-order valence-electron chi connectivity index (χ3n) is 5.84. The van der Waals surface area contributed by atoms with Crippen molar-refractivity contribution in [2.24, 2.45) is 10.4 Å². The number of benzene rings is 2. The highest BCUT2D eigenvalue weighted by Gasteiger charge is 2.26. The van der Waals surface area contributed by atoms with Crippen LogP contribution in [0.3, 0.4) is 0 Å². The van der Waals surface area contributed by atoms with E-state index in [9.17, 15) is 13.6 Å². The molecule has 0 unspecified atom stereocenters. The van der Waals surface area contributed by atoms with E-state index in [0.717, 1.165) is 17.7 Å². The van der Waals surface area contributed by atoms with Gasteiger partial charge in [-0.2, -0.15) is 0 Å². The molecule has 0 fully saturated rings. The molecule has 1 N–H and O–H groups in total. The molecule has 2 aromatic carbocycles. The number of nitrogens with one attached hydrogen (secondary N) is 1. The van der Waals surface area contributed by atoms with Crippen molar-refractivity contribution in [3.63, 3.8) is 0 Å². The molecule has 0 atom stereocenters. The number of methoxy groups -OCH3 is 1. The molecule has 3 rings (SSSR count). The quantitative estimate of drug-likeness (QED) is 0.345. The molecule has 0 saturated carbocycles. The first kappa shape index (κ1) is 28.2. The number of ether oxygens (including phenoxy) is 3. The predicted molar refractivity (Wildman–Crippen MR) is 141 cm³/mol. The van der Waals surface area contributed by atoms with E-state index in [1.165, 1.54) is 19.2 Å². The van der Waals surface area contributed by atoms with Crippen LogP contribution in [0.2, 0.25) is 5.02 Å². The van der Waals surface area contributed by atoms with Crippen molar-refractivity contribution in [3.05, 3.63) is 82.0 Å². The van der Waals surface area contributed by atoms with Crippen molar-refractivity contribution < 1.29 is 27.8 Å². The first-order chi connectivity index (χ1) is 17.6. The predicted octanol–water partition coefficient (Wildman–Crippen LogP) is 6.29. The molecule has 1 aliphatic rings. The maximum absolute atomic E-state index is 13.7. The largest absolute Gasteiger partial charge is 0.501 e. The van der Waals surface area contributed by atoms with Crippen LogP contribution < -0.4 is 14.8 Å². The van der Waals surface area contributed by atoms with E-state index in [4.69, 9.17) is 30.8 Å². The Morgan fingerprint density at radius 3 is 2.62 bits per heavy atom. The second-order valence-electron chi connectivity index (χ2n) is 9.14. The van der Waals surface area contributed by atoms with E-state index in [2.05, 4.69) is 5.32 Å². The zero-order valence-electron chi connectivity index (χ0n) is 21.4. The molecule has 0 spiro atoms. The highest BCUT2D eigenvalue weighted by atomic mass is 35.5. The van der Waals surface area contributed by atoms with E-state index in [1.807, 2.05) is 26.8 Å². The fraction of sp³-hybridized carbons (Fsp3) is 0.357. The lowest BCUT2D eigenvalue weighted by atomic mass is 9.87. The number of carbonyl (C=O) groups excluding carboxylic acids is 1. The molecule has 6 nitrogen and oxygen atoms in total. The van der Waals surface area contributed by atoms with Crippen LogP contribution in [0.4, 0.5) is 8.78 Å². The number of hydrogen-bond acceptors (Lipinski definition) is 5. The van der Waals surface area contributed by atoms with Crippen LogP contribution in [0.5, 0.6) is 11.5 Å². The fourth-order valence-electron chi connectivity index (χ4n) is 3.60. The average molecular weight is 533 g/mol. The Balaban J connectivity index is 1.82. The van der Waals surface area contributed by atoms with E-state index in [-0.39, 0.29) is 24.1 Å². The molecule has 37 heavy (non-hydrogen) atoms. The molecule has 198 valence electrons. The van der Waals surface area contributed by atoms with E-state index in [1.54, 1.807) is 30.5 Å². The average Bonchev–Trinajstić information content (AvgIpc) is 3.40. The number of alkyl halides is 1. The SMILES string of the molecule is COc1cc(C(=O)NCC(C)(C)C(=C/C2=COCC2)/N=C(\C)c2ccc(F)c(Cl)c2)ccc1OCCF. The summed E-state index contributed by atoms with van der Waals surface area (Å²) in [5, 5.41) is 2.98. The van der Waals surface area contributed by atoms with Gasteiger partial charge < -0.3 is 19.5 Å². The highest BCUT2D eigenvalue weighted by Crippen LogP contribution is 2.31. The van der Waals surface area contributed by atoms with Crippen molar-refractivity contribution in [2.45, 2.75) is 27.2 Å². The summed E-state index contributed by atoms with van der Waals surface area (Å²) in [6, 6.07) is 9.19. The van der Waals surface area contributed by atoms with Crippen LogP contribution in [0, 0.1) is 11.2 Å². The lowest BCUT2D eigenvalue weighted by Gasteiger charge is -2.27. The lowest BCUT2D eigenvalue weighted by Crippen LogP contribution is -2.35. The summed E-state index contributed by atoms with van der Waals surface area (Å²) in [5.74, 6) is -0.103. The van der Waals surface area contributed by atoms with Gasteiger partial charge in [-0.3, -0.25) is 9.79 Å². The standard InChI is InChI=1S/C28H31ClF2N2O4/c1-18(20-5-7-23(31)22(29)14-20)33-26(13-19-9-11-36-16-19)28(2,3)17-32-27(34)21-6-8-24(37-12-10-30)25(15-21)35-4/h5-8,13-16H,9-12,17H2,1-4H3,(H,32,34)/b26-13-,33-18+. The van der Waals surface area contributed by atoms with Gasteiger partial charge in [-0.1, -0.05) is 31.5 Å². The summed E-state index contributed by atoms with van der Waals surface area (Å²) in [6.07, 6.45) is 4.40. The fourth-order valence-corrected chi connectivity index (χ4v) is 3.78. The number of rotatable bonds is 11. The maximum atomic E-state index is 13.7. The van der Waals surface area contributed by atoms with Gasteiger partial charge in [0.05, 0.1) is 25.0 Å². The van der Waals surface area contributed by atoms with Crippen LogP contribution >= 0.6 is 11.6 Å². The molecule has 1 aliphatic heterocycles. The first-order valence-corrected chi connectivity index (χ1v) is 12.2. The Morgan fingerprint density at radius 2 is 1.97 bits per heavy atom. The van der Waals surface area contributed by atoms with Crippen molar-refractivity contribution >= 4 is 23.2 Å². The molecule has 1 amide bonds. The van der Waals surface area contributed by atoms with E-state index < -0.39 is 17.9 Å². The van der Waals surface area contributed by atoms with Crippen LogP contribution in [0.15, 0.2) is 65.0 Å². The van der Waals surface area contributed by atoms with Crippen molar-refractivity contribution in [3.8, 4) is 11.5 Å². The molecule has 0 aromatic heterocycles. The van der Waals surface area contributed by atoms with Crippen LogP contribution in [0.25, 0.3) is 0 Å². The van der Waals surface area contributed by atoms with Gasteiger partial charge in [0.2, 0.25) is 0 Å². The first-order valence-electron chi connectivity index (χ1n) is 11.8. The van der Waals surface area contributed by atoms with Gasteiger partial charge in [0.15, 0.2) is 11.5 Å². The number of allylic oxidation sites excluding steroid dienone is 1. The summed E-state index contributed by atoms with van der Waals surface area (Å²) in [4.78, 5) is 17.8. The second kappa shape index (κ2) is 12.7. The summed E-state index contributed by atoms with van der Waals surface area (Å²) in [6.45, 7) is 5.90. The summed E-state index contributed by atoms with van der Waals surface area (Å²) < 4.78 is 42.1. The van der Waals surface area contributed by atoms with Crippen LogP contribution in [-0.2, 0) is 4.74 Å². The van der Waals surface area contributed by atoms with Gasteiger partial charge in [-0.25, -0.2) is 8.78 Å². The third kappa shape index (κ3) is 7.55. The number of halogens is 3. The van der Waals surface area contributed by atoms with E-state index in [0.29, 0.717) is 34.9 Å². The van der Waals surface area contributed by atoms with Crippen molar-refractivity contribution in [1.82, 2.24) is 5.32 Å². The maximum Gasteiger partial charge on any atom is 0.251 e. The van der Waals surface area contributed by atoms with Crippen molar-refractivity contribution in [1.29, 1.82) is 0 Å². The van der Waals surface area contributed by atoms with Gasteiger partial charge in [-0.05, 0) is 54.5 Å². The normalized spacial score (nSPS) is 14.2. The van der Waals surface area contributed by atoms with Crippen molar-refractivity contribution in [2.75, 3.05) is 33.5 Å². The van der Waals surface area contributed by atoms with Crippen LogP contribution in [-0.4, -0.2) is 45.2 Å². The van der Waals surface area contributed by atoms with E-state index >= 15 is 0 Å². The summed E-state index contributed by atoms with van der Waals surface area (Å²) in [7, 11) is 1.45. The minimum atomic E-state index is -0.629. The second-order valence-corrected chi connectivity index (χ2v) is 9.55. The van der Waals surface area contributed by atoms with Gasteiger partial charge in [0.25, 0.3) is 5.91 Å². The minimum absolute atomic E-state index is 0.0209. The lowest BCUT2D eigenvalue weighted by molar-refractivity contribution is 0.0941. The summed E-state index contributed by atoms with van der Waals surface area (Å²) >= 11 is 5.97. The Bertz CT molecular complexity index is 1220. The topological polar surface area (TPSA) is 69.2 Å². The Labute approximate surface area is 221 Å². The van der Waals surface area contributed by atoms with Gasteiger partial charge in [-0.15, -0.1) is 0 Å². The summed E-state index contributed by atoms with van der Waals surface area (Å²) in [5.41, 5.74) is 2.83. The molecular weight excluding hydrogens is 502 g/mol. The monoisotopic (exact) mass is 532 g/mol. The number of amides is 1.